The van der Waals surface area contributed by atoms with Gasteiger partial charge in [0.25, 0.3) is 0 Å². The molecule has 0 bridgehead atoms. The predicted molar refractivity (Wildman–Crippen MR) is 74.2 cm³/mol. The van der Waals surface area contributed by atoms with E-state index in [0.29, 0.717) is 11.8 Å². The molecule has 0 aromatic heterocycles. The number of benzene rings is 1. The zero-order chi connectivity index (χ0) is 12.3. The molecule has 0 unspecified atom stereocenters. The minimum atomic E-state index is 0.512. The smallest absolute Gasteiger partial charge is 0.0439 e. The van der Waals surface area contributed by atoms with Crippen molar-refractivity contribution in [2.45, 2.75) is 34.6 Å². The summed E-state index contributed by atoms with van der Waals surface area (Å²) in [7, 11) is 0. The van der Waals surface area contributed by atoms with Gasteiger partial charge in [0.15, 0.2) is 0 Å². The van der Waals surface area contributed by atoms with Gasteiger partial charge in [0.2, 0.25) is 0 Å². The van der Waals surface area contributed by atoms with Crippen molar-refractivity contribution in [2.24, 2.45) is 5.92 Å². The fourth-order valence-electron chi connectivity index (χ4n) is 1.96. The molecule has 0 spiro atoms. The van der Waals surface area contributed by atoms with Crippen LogP contribution in [0.25, 0.3) is 6.08 Å². The zero-order valence-electron chi connectivity index (χ0n) is 10.9. The fraction of sp³-hybridized carbons (Fsp3) is 0.467. The van der Waals surface area contributed by atoms with Crippen molar-refractivity contribution < 1.29 is 0 Å². The minimum Gasteiger partial charge on any atom is -0.122 e. The highest BCUT2D eigenvalue weighted by atomic mass is 35.5. The van der Waals surface area contributed by atoms with Gasteiger partial charge in [-0.3, -0.25) is 0 Å². The van der Waals surface area contributed by atoms with Crippen LogP contribution in [0.2, 0.25) is 0 Å². The van der Waals surface area contributed by atoms with Gasteiger partial charge in [-0.05, 0) is 43.4 Å². The Kier molecular flexibility index (Phi) is 4.61. The molecule has 0 saturated carbocycles. The predicted octanol–water partition coefficient (Wildman–Crippen LogP) is 4.89. The van der Waals surface area contributed by atoms with Crippen LogP contribution in [-0.2, 0) is 0 Å². The standard InChI is InChI=1S/C15H21Cl/c1-10(2)14(9-16)8-15-12(4)6-11(3)7-13(15)5/h6-8,10H,9H2,1-5H3. The molecule has 0 aliphatic heterocycles. The van der Waals surface area contributed by atoms with Gasteiger partial charge in [0.1, 0.15) is 0 Å². The highest BCUT2D eigenvalue weighted by Crippen LogP contribution is 2.22. The molecular weight excluding hydrogens is 216 g/mol. The molecule has 0 saturated heterocycles. The maximum atomic E-state index is 5.98. The van der Waals surface area contributed by atoms with Crippen molar-refractivity contribution in [1.29, 1.82) is 0 Å². The van der Waals surface area contributed by atoms with Crippen LogP contribution >= 0.6 is 11.6 Å². The third-order valence-corrected chi connectivity index (χ3v) is 3.27. The monoisotopic (exact) mass is 236 g/mol. The molecule has 1 aromatic carbocycles. The summed E-state index contributed by atoms with van der Waals surface area (Å²) in [5.74, 6) is 1.13. The molecule has 1 rings (SSSR count). The first-order valence-corrected chi connectivity index (χ1v) is 6.33. The van der Waals surface area contributed by atoms with Crippen molar-refractivity contribution in [3.05, 3.63) is 40.0 Å². The van der Waals surface area contributed by atoms with Crippen molar-refractivity contribution in [2.75, 3.05) is 5.88 Å². The maximum Gasteiger partial charge on any atom is 0.0439 e. The Morgan fingerprint density at radius 1 is 1.19 bits per heavy atom. The van der Waals surface area contributed by atoms with Gasteiger partial charge in [0.05, 0.1) is 0 Å². The molecular formula is C15H21Cl. The summed E-state index contributed by atoms with van der Waals surface area (Å²) in [5.41, 5.74) is 6.62. The highest BCUT2D eigenvalue weighted by Gasteiger charge is 2.06. The lowest BCUT2D eigenvalue weighted by Gasteiger charge is -2.12. The molecule has 16 heavy (non-hydrogen) atoms. The number of hydrogen-bond acceptors (Lipinski definition) is 0. The maximum absolute atomic E-state index is 5.98. The van der Waals surface area contributed by atoms with Gasteiger partial charge in [-0.1, -0.05) is 43.2 Å². The second-order valence-electron chi connectivity index (χ2n) is 4.82. The third kappa shape index (κ3) is 3.12. The number of hydrogen-bond donors (Lipinski definition) is 0. The van der Waals surface area contributed by atoms with Crippen molar-refractivity contribution >= 4 is 17.7 Å². The fourth-order valence-corrected chi connectivity index (χ4v) is 2.35. The van der Waals surface area contributed by atoms with Crippen LogP contribution in [0.15, 0.2) is 17.7 Å². The topological polar surface area (TPSA) is 0 Å². The SMILES string of the molecule is Cc1cc(C)c(C=C(CCl)C(C)C)c(C)c1. The molecule has 88 valence electrons. The average molecular weight is 237 g/mol. The van der Waals surface area contributed by atoms with Crippen molar-refractivity contribution in [3.8, 4) is 0 Å². The number of halogens is 1. The Labute approximate surface area is 104 Å². The van der Waals surface area contributed by atoms with E-state index in [4.69, 9.17) is 11.6 Å². The van der Waals surface area contributed by atoms with Crippen LogP contribution in [0.5, 0.6) is 0 Å². The lowest BCUT2D eigenvalue weighted by Crippen LogP contribution is -1.97. The van der Waals surface area contributed by atoms with Gasteiger partial charge in [-0.15, -0.1) is 11.6 Å². The van der Waals surface area contributed by atoms with E-state index in [9.17, 15) is 0 Å². The van der Waals surface area contributed by atoms with Crippen LogP contribution in [0.3, 0.4) is 0 Å². The van der Waals surface area contributed by atoms with Crippen LogP contribution in [0.1, 0.15) is 36.1 Å². The second kappa shape index (κ2) is 5.54. The molecule has 1 heteroatoms. The average Bonchev–Trinajstić information content (AvgIpc) is 2.15. The molecule has 0 amide bonds. The molecule has 0 aliphatic rings. The lowest BCUT2D eigenvalue weighted by atomic mass is 9.95. The Hall–Kier alpha value is -0.750. The highest BCUT2D eigenvalue weighted by molar-refractivity contribution is 6.19. The largest absolute Gasteiger partial charge is 0.122 e. The van der Waals surface area contributed by atoms with E-state index >= 15 is 0 Å². The van der Waals surface area contributed by atoms with E-state index in [2.05, 4.69) is 52.8 Å². The zero-order valence-corrected chi connectivity index (χ0v) is 11.7. The van der Waals surface area contributed by atoms with E-state index in [1.807, 2.05) is 0 Å². The van der Waals surface area contributed by atoms with E-state index in [1.54, 1.807) is 0 Å². The Morgan fingerprint density at radius 2 is 1.69 bits per heavy atom. The molecule has 0 aliphatic carbocycles. The first-order chi connectivity index (χ1) is 7.45. The van der Waals surface area contributed by atoms with Crippen LogP contribution < -0.4 is 0 Å². The first kappa shape index (κ1) is 13.3. The number of allylic oxidation sites excluding steroid dienone is 1. The van der Waals surface area contributed by atoms with Crippen molar-refractivity contribution in [1.82, 2.24) is 0 Å². The molecule has 0 N–H and O–H groups in total. The van der Waals surface area contributed by atoms with E-state index in [0.717, 1.165) is 0 Å². The normalized spacial score (nSPS) is 12.3. The van der Waals surface area contributed by atoms with E-state index < -0.39 is 0 Å². The summed E-state index contributed by atoms with van der Waals surface area (Å²) in [6.07, 6.45) is 2.25. The quantitative estimate of drug-likeness (QED) is 0.656. The summed E-state index contributed by atoms with van der Waals surface area (Å²) in [6.45, 7) is 10.8. The Bertz CT molecular complexity index is 377. The summed E-state index contributed by atoms with van der Waals surface area (Å²) >= 11 is 5.98. The second-order valence-corrected chi connectivity index (χ2v) is 5.09. The molecule has 0 nitrogen and oxygen atoms in total. The van der Waals surface area contributed by atoms with Gasteiger partial charge in [-0.2, -0.15) is 0 Å². The summed E-state index contributed by atoms with van der Waals surface area (Å²) in [4.78, 5) is 0. The molecule has 0 radical (unpaired) electrons. The van der Waals surface area contributed by atoms with Gasteiger partial charge in [-0.25, -0.2) is 0 Å². The van der Waals surface area contributed by atoms with Crippen LogP contribution in [-0.4, -0.2) is 5.88 Å². The van der Waals surface area contributed by atoms with E-state index in [-0.39, 0.29) is 0 Å². The Morgan fingerprint density at radius 3 is 2.06 bits per heavy atom. The molecule has 0 heterocycles. The van der Waals surface area contributed by atoms with Crippen molar-refractivity contribution in [3.63, 3.8) is 0 Å². The summed E-state index contributed by atoms with van der Waals surface area (Å²) in [5, 5.41) is 0. The lowest BCUT2D eigenvalue weighted by molar-refractivity contribution is 0.778. The number of alkyl halides is 1. The number of rotatable bonds is 3. The van der Waals surface area contributed by atoms with Gasteiger partial charge in [0, 0.05) is 5.88 Å². The van der Waals surface area contributed by atoms with Crippen LogP contribution in [0.4, 0.5) is 0 Å². The van der Waals surface area contributed by atoms with Crippen LogP contribution in [0, 0.1) is 26.7 Å². The molecule has 0 fully saturated rings. The molecule has 1 aromatic rings. The Balaban J connectivity index is 3.23. The van der Waals surface area contributed by atoms with Gasteiger partial charge >= 0.3 is 0 Å². The van der Waals surface area contributed by atoms with Gasteiger partial charge < -0.3 is 0 Å². The van der Waals surface area contributed by atoms with E-state index in [1.165, 1.54) is 27.8 Å². The summed E-state index contributed by atoms with van der Waals surface area (Å²) < 4.78 is 0. The number of aryl methyl sites for hydroxylation is 3. The first-order valence-electron chi connectivity index (χ1n) is 5.80. The minimum absolute atomic E-state index is 0.512. The third-order valence-electron chi connectivity index (χ3n) is 2.96. The molecule has 0 atom stereocenters. The summed E-state index contributed by atoms with van der Waals surface area (Å²) in [6, 6.07) is 4.45.